The SMILES string of the molecule is CCNCCCOCC(O)COP(=O)([O-])CC.CCNCCCOCC(O)COP(=O)([O-])OCCOCCOP(=O)([O-])CC.CCOCCOCCOP(=O)([O-])CC. The maximum atomic E-state index is 11.5. The predicted octanol–water partition coefficient (Wildman–Crippen LogP) is 0.0544. The third-order valence-electron chi connectivity index (χ3n) is 6.54. The highest BCUT2D eigenvalue weighted by molar-refractivity contribution is 7.51. The normalized spacial score (nSPS) is 16.7. The first-order valence-corrected chi connectivity index (χ1v) is 26.1. The molecule has 0 aliphatic heterocycles. The lowest BCUT2D eigenvalue weighted by Crippen LogP contribution is -2.24. The van der Waals surface area contributed by atoms with Gasteiger partial charge in [0.25, 0.3) is 7.82 Å². The monoisotopic (exact) mass is 928 g/mol. The van der Waals surface area contributed by atoms with Crippen molar-refractivity contribution in [2.45, 2.75) is 66.6 Å². The van der Waals surface area contributed by atoms with E-state index in [-0.39, 0.29) is 77.9 Å². The van der Waals surface area contributed by atoms with Crippen LogP contribution in [0.3, 0.4) is 0 Å². The zero-order valence-corrected chi connectivity index (χ0v) is 38.7. The molecule has 0 rings (SSSR count). The van der Waals surface area contributed by atoms with Crippen LogP contribution in [0.25, 0.3) is 0 Å². The second-order valence-electron chi connectivity index (χ2n) is 11.6. The van der Waals surface area contributed by atoms with Crippen molar-refractivity contribution in [3.8, 4) is 0 Å². The average molecular weight is 929 g/mol. The van der Waals surface area contributed by atoms with Gasteiger partial charge in [-0.1, -0.05) is 34.6 Å². The highest BCUT2D eigenvalue weighted by atomic mass is 31.2. The number of aliphatic hydroxyl groups excluding tert-OH is 2. The molecule has 22 nitrogen and oxygen atoms in total. The minimum atomic E-state index is -4.57. The third kappa shape index (κ3) is 48.9. The van der Waals surface area contributed by atoms with Crippen molar-refractivity contribution >= 4 is 30.6 Å². The predicted molar refractivity (Wildman–Crippen MR) is 210 cm³/mol. The van der Waals surface area contributed by atoms with Crippen LogP contribution in [0.1, 0.15) is 54.4 Å². The van der Waals surface area contributed by atoms with Gasteiger partial charge in [-0.2, -0.15) is 0 Å². The van der Waals surface area contributed by atoms with E-state index in [2.05, 4.69) is 33.3 Å². The van der Waals surface area contributed by atoms with Crippen molar-refractivity contribution in [1.82, 2.24) is 10.6 Å². The lowest BCUT2D eigenvalue weighted by molar-refractivity contribution is -0.228. The first-order valence-electron chi connectivity index (χ1n) is 19.5. The van der Waals surface area contributed by atoms with Crippen LogP contribution in [0.4, 0.5) is 0 Å². The molecule has 0 saturated carbocycles. The number of hydrogen-bond acceptors (Lipinski definition) is 22. The molecule has 4 N–H and O–H groups in total. The lowest BCUT2D eigenvalue weighted by Gasteiger charge is -2.24. The molecule has 0 aromatic rings. The van der Waals surface area contributed by atoms with Crippen LogP contribution < -0.4 is 30.2 Å². The van der Waals surface area contributed by atoms with E-state index in [9.17, 15) is 48.0 Å². The standard InChI is InChI=1S/C14H33NO10P2.C10H24NO5P.C8H19O5P/c1-3-15-6-5-7-22-12-14(16)13-25-27(19,20)24-11-9-21-8-10-23-26(17,18)4-2;1-3-11-6-5-7-15-8-10(12)9-16-17(13,14)4-2;1-3-11-5-6-12-7-8-13-14(9,10)4-2/h14-16H,3-13H2,1-2H3,(H,17,18)(H,19,20);10-12H,3-9H2,1-2H3,(H,13,14);3-8H2,1-2H3,(H,9,10)/p-4. The number of hydrogen-bond donors (Lipinski definition) is 4. The third-order valence-corrected chi connectivity index (χ3v) is 11.5. The molecule has 0 saturated heterocycles. The number of ether oxygens (including phenoxy) is 5. The Balaban J connectivity index is -0.000000838. The van der Waals surface area contributed by atoms with E-state index < -0.39 is 49.4 Å². The Kier molecular flexibility index (Phi) is 44.4. The summed E-state index contributed by atoms with van der Waals surface area (Å²) in [6, 6.07) is 0. The van der Waals surface area contributed by atoms with Crippen LogP contribution in [0.2, 0.25) is 0 Å². The Morgan fingerprint density at radius 3 is 1.21 bits per heavy atom. The highest BCUT2D eigenvalue weighted by Crippen LogP contribution is 2.38. The molecule has 0 fully saturated rings. The summed E-state index contributed by atoms with van der Waals surface area (Å²) in [5.74, 6) is 0. The van der Waals surface area contributed by atoms with Gasteiger partial charge in [0.05, 0.1) is 79.3 Å². The molecule has 0 radical (unpaired) electrons. The van der Waals surface area contributed by atoms with Gasteiger partial charge >= 0.3 is 0 Å². The minimum Gasteiger partial charge on any atom is -0.779 e. The molecule has 0 aliphatic carbocycles. The molecule has 6 unspecified atom stereocenters. The van der Waals surface area contributed by atoms with Gasteiger partial charge in [0, 0.05) is 38.3 Å². The molecule has 0 aromatic heterocycles. The van der Waals surface area contributed by atoms with Gasteiger partial charge < -0.3 is 100 Å². The second kappa shape index (κ2) is 41.2. The molecule has 26 heteroatoms. The van der Waals surface area contributed by atoms with Crippen molar-refractivity contribution in [3.63, 3.8) is 0 Å². The van der Waals surface area contributed by atoms with Gasteiger partial charge in [0.15, 0.2) is 0 Å². The van der Waals surface area contributed by atoms with E-state index in [1.165, 1.54) is 13.8 Å². The number of phosphoric ester groups is 1. The fraction of sp³-hybridized carbons (Fsp3) is 1.00. The van der Waals surface area contributed by atoms with Gasteiger partial charge in [0.1, 0.15) is 35.0 Å². The molecule has 0 aromatic carbocycles. The molecular weight excluding hydrogens is 856 g/mol. The second-order valence-corrected chi connectivity index (χ2v) is 19.4. The maximum absolute atomic E-state index is 11.5. The van der Waals surface area contributed by atoms with E-state index in [4.69, 9.17) is 23.7 Å². The Morgan fingerprint density at radius 1 is 0.448 bits per heavy atom. The Bertz CT molecular complexity index is 1100. The largest absolute Gasteiger partial charge is 0.779 e. The Morgan fingerprint density at radius 2 is 0.810 bits per heavy atom. The number of aliphatic hydroxyl groups is 2. The zero-order valence-electron chi connectivity index (χ0n) is 35.2. The molecule has 0 aliphatic rings. The fourth-order valence-corrected chi connectivity index (χ4v) is 5.70. The molecule has 0 heterocycles. The summed E-state index contributed by atoms with van der Waals surface area (Å²) in [5.41, 5.74) is 0. The molecule has 0 bridgehead atoms. The van der Waals surface area contributed by atoms with E-state index in [1.807, 2.05) is 20.8 Å². The Hall–Kier alpha value is 0.200. The van der Waals surface area contributed by atoms with Crippen molar-refractivity contribution in [1.29, 1.82) is 0 Å². The molecule has 354 valence electrons. The van der Waals surface area contributed by atoms with E-state index >= 15 is 0 Å². The van der Waals surface area contributed by atoms with Gasteiger partial charge in [-0.3, -0.25) is 4.57 Å². The number of rotatable bonds is 39. The van der Waals surface area contributed by atoms with Crippen LogP contribution >= 0.6 is 30.6 Å². The van der Waals surface area contributed by atoms with Crippen molar-refractivity contribution < 1.29 is 94.3 Å². The van der Waals surface area contributed by atoms with E-state index in [0.717, 1.165) is 39.0 Å². The molecule has 0 spiro atoms. The van der Waals surface area contributed by atoms with E-state index in [0.29, 0.717) is 33.0 Å². The van der Waals surface area contributed by atoms with Gasteiger partial charge in [-0.25, -0.2) is 0 Å². The fourth-order valence-electron chi connectivity index (χ4n) is 3.32. The first kappa shape index (κ1) is 62.5. The van der Waals surface area contributed by atoms with Crippen molar-refractivity contribution in [2.24, 2.45) is 0 Å². The molecular formula is C32H72N2O20P4-4. The first-order chi connectivity index (χ1) is 27.4. The van der Waals surface area contributed by atoms with Crippen LogP contribution in [0.15, 0.2) is 0 Å². The van der Waals surface area contributed by atoms with Crippen LogP contribution in [0, 0.1) is 0 Å². The number of phosphoric acid groups is 1. The average Bonchev–Trinajstić information content (AvgIpc) is 3.18. The summed E-state index contributed by atoms with van der Waals surface area (Å²) in [4.78, 5) is 44.4. The Labute approximate surface area is 345 Å². The van der Waals surface area contributed by atoms with E-state index in [1.54, 1.807) is 6.92 Å². The lowest BCUT2D eigenvalue weighted by atomic mass is 10.4. The van der Waals surface area contributed by atoms with Crippen LogP contribution in [0.5, 0.6) is 0 Å². The summed E-state index contributed by atoms with van der Waals surface area (Å²) in [5, 5.41) is 25.3. The smallest absolute Gasteiger partial charge is 0.268 e. The van der Waals surface area contributed by atoms with Crippen molar-refractivity contribution in [2.75, 3.05) is 144 Å². The van der Waals surface area contributed by atoms with Crippen molar-refractivity contribution in [3.05, 3.63) is 0 Å². The number of nitrogens with one attached hydrogen (secondary N) is 2. The summed E-state index contributed by atoms with van der Waals surface area (Å²) >= 11 is 0. The zero-order chi connectivity index (χ0) is 44.6. The topological polar surface area (TPSA) is 317 Å². The molecule has 6 atom stereocenters. The maximum Gasteiger partial charge on any atom is 0.268 e. The van der Waals surface area contributed by atoms with Crippen LogP contribution in [-0.2, 0) is 64.6 Å². The van der Waals surface area contributed by atoms with Gasteiger partial charge in [0.2, 0.25) is 0 Å². The highest BCUT2D eigenvalue weighted by Gasteiger charge is 2.14. The molecule has 0 amide bonds. The van der Waals surface area contributed by atoms with Gasteiger partial charge in [-0.05, 0) is 45.9 Å². The molecule has 58 heavy (non-hydrogen) atoms. The van der Waals surface area contributed by atoms with Gasteiger partial charge in [-0.15, -0.1) is 0 Å². The summed E-state index contributed by atoms with van der Waals surface area (Å²) in [6.07, 6.45) is -0.515. The minimum absolute atomic E-state index is 0.0198. The quantitative estimate of drug-likeness (QED) is 0.0468. The summed E-state index contributed by atoms with van der Waals surface area (Å²) < 4.78 is 92.8. The summed E-state index contributed by atoms with van der Waals surface area (Å²) in [7, 11) is -15.7. The summed E-state index contributed by atoms with van der Waals surface area (Å²) in [6.45, 7) is 15.6. The van der Waals surface area contributed by atoms with Crippen LogP contribution in [-0.4, -0.2) is 166 Å².